The summed E-state index contributed by atoms with van der Waals surface area (Å²) in [5, 5.41) is 7.02. The average Bonchev–Trinajstić information content (AvgIpc) is 3.23. The molecular weight excluding hydrogens is 434 g/mol. The third kappa shape index (κ3) is 5.02. The highest BCUT2D eigenvalue weighted by molar-refractivity contribution is 5.86. The number of aryl methyl sites for hydroxylation is 1. The van der Waals surface area contributed by atoms with E-state index in [-0.39, 0.29) is 17.4 Å². The monoisotopic (exact) mass is 477 g/mol. The van der Waals surface area contributed by atoms with Crippen LogP contribution in [-0.2, 0) is 0 Å². The zero-order valence-electron chi connectivity index (χ0n) is 23.0. The fourth-order valence-electron chi connectivity index (χ4n) is 4.59. The number of anilines is 3. The molecule has 6 heteroatoms. The van der Waals surface area contributed by atoms with Crippen LogP contribution in [0, 0.1) is 6.92 Å². The van der Waals surface area contributed by atoms with Gasteiger partial charge >= 0.3 is 0 Å². The molecule has 2 heterocycles. The highest BCUT2D eigenvalue weighted by Crippen LogP contribution is 2.34. The summed E-state index contributed by atoms with van der Waals surface area (Å²) >= 11 is 0. The molecule has 35 heavy (non-hydrogen) atoms. The number of fused-ring (bicyclic) bond motifs is 1. The van der Waals surface area contributed by atoms with Crippen LogP contribution in [0.15, 0.2) is 29.1 Å². The van der Waals surface area contributed by atoms with Crippen LogP contribution in [0.25, 0.3) is 11.2 Å². The van der Waals surface area contributed by atoms with Gasteiger partial charge in [-0.15, -0.1) is 0 Å². The lowest BCUT2D eigenvalue weighted by atomic mass is 9.91. The molecule has 0 aliphatic rings. The van der Waals surface area contributed by atoms with Gasteiger partial charge in [-0.25, -0.2) is 4.98 Å². The fourth-order valence-corrected chi connectivity index (χ4v) is 4.59. The molecule has 6 nitrogen and oxygen atoms in total. The van der Waals surface area contributed by atoms with Gasteiger partial charge in [0.15, 0.2) is 5.65 Å². The van der Waals surface area contributed by atoms with Crippen LogP contribution in [0.4, 0.5) is 17.1 Å². The molecule has 0 saturated carbocycles. The van der Waals surface area contributed by atoms with Crippen molar-refractivity contribution in [3.05, 3.63) is 57.1 Å². The number of benzene rings is 1. The van der Waals surface area contributed by atoms with E-state index in [2.05, 4.69) is 95.0 Å². The van der Waals surface area contributed by atoms with E-state index in [1.165, 1.54) is 5.69 Å². The maximum absolute atomic E-state index is 13.8. The van der Waals surface area contributed by atoms with Crippen LogP contribution in [0.1, 0.15) is 103 Å². The Labute approximate surface area is 210 Å². The summed E-state index contributed by atoms with van der Waals surface area (Å²) in [6.07, 6.45) is 3.89. The number of aromatic amines is 1. The van der Waals surface area contributed by atoms with Crippen LogP contribution in [0.5, 0.6) is 0 Å². The van der Waals surface area contributed by atoms with Gasteiger partial charge in [0.1, 0.15) is 5.69 Å². The first-order valence-electron chi connectivity index (χ1n) is 13.2. The van der Waals surface area contributed by atoms with Gasteiger partial charge in [0.25, 0.3) is 5.56 Å². The molecule has 190 valence electrons. The van der Waals surface area contributed by atoms with Gasteiger partial charge in [-0.1, -0.05) is 33.8 Å². The summed E-state index contributed by atoms with van der Waals surface area (Å²) in [5.41, 5.74) is 8.59. The van der Waals surface area contributed by atoms with E-state index >= 15 is 0 Å². The molecule has 0 saturated heterocycles. The summed E-state index contributed by atoms with van der Waals surface area (Å²) in [6.45, 7) is 21.1. The van der Waals surface area contributed by atoms with E-state index in [1.807, 2.05) is 6.92 Å². The molecule has 0 fully saturated rings. The van der Waals surface area contributed by atoms with Crippen molar-refractivity contribution >= 4 is 28.3 Å². The molecule has 2 atom stereocenters. The first-order chi connectivity index (χ1) is 16.7. The van der Waals surface area contributed by atoms with Gasteiger partial charge in [0, 0.05) is 30.0 Å². The van der Waals surface area contributed by atoms with Gasteiger partial charge in [0.05, 0.1) is 11.4 Å². The largest absolute Gasteiger partial charge is 0.372 e. The zero-order chi connectivity index (χ0) is 25.9. The van der Waals surface area contributed by atoms with E-state index < -0.39 is 0 Å². The lowest BCUT2D eigenvalue weighted by Gasteiger charge is -2.22. The number of allylic oxidation sites excluding steroid dienone is 2. The van der Waals surface area contributed by atoms with Gasteiger partial charge in [0.2, 0.25) is 0 Å². The van der Waals surface area contributed by atoms with Gasteiger partial charge in [-0.05, 0) is 88.6 Å². The number of hydrogen-bond acceptors (Lipinski definition) is 4. The standard InChI is InChI=1S/C29H43N5O/c1-10-18(6)24-25(19(7)11-2)31-28-27(26(20(8)12-3)32-34(28)29(24)35)30-23-16-15-22(17-21(23)9)33(13-4)14-5/h12,15-19,30,32H,10-11,13-14H2,1-9H3. The van der Waals surface area contributed by atoms with Gasteiger partial charge < -0.3 is 10.2 Å². The summed E-state index contributed by atoms with van der Waals surface area (Å²) in [4.78, 5) is 21.3. The number of nitrogens with zero attached hydrogens (tertiary/aromatic N) is 3. The Morgan fingerprint density at radius 3 is 2.34 bits per heavy atom. The molecule has 0 aliphatic carbocycles. The van der Waals surface area contributed by atoms with Crippen molar-refractivity contribution in [3.63, 3.8) is 0 Å². The van der Waals surface area contributed by atoms with Crippen molar-refractivity contribution in [3.8, 4) is 0 Å². The van der Waals surface area contributed by atoms with E-state index in [1.54, 1.807) is 4.52 Å². The Morgan fingerprint density at radius 1 is 1.14 bits per heavy atom. The minimum absolute atomic E-state index is 0.00598. The maximum Gasteiger partial charge on any atom is 0.276 e. The highest BCUT2D eigenvalue weighted by Gasteiger charge is 2.25. The van der Waals surface area contributed by atoms with Crippen molar-refractivity contribution in [1.29, 1.82) is 0 Å². The number of aromatic nitrogens is 3. The van der Waals surface area contributed by atoms with E-state index in [0.29, 0.717) is 5.65 Å². The molecule has 1 aromatic carbocycles. The second-order valence-corrected chi connectivity index (χ2v) is 9.62. The minimum Gasteiger partial charge on any atom is -0.372 e. The van der Waals surface area contributed by atoms with Crippen LogP contribution in [-0.4, -0.2) is 27.7 Å². The number of hydrogen-bond donors (Lipinski definition) is 2. The Morgan fingerprint density at radius 2 is 1.80 bits per heavy atom. The molecule has 2 aromatic heterocycles. The Hall–Kier alpha value is -3.02. The molecule has 3 aromatic rings. The second kappa shape index (κ2) is 11.1. The molecular formula is C29H43N5O. The lowest BCUT2D eigenvalue weighted by Crippen LogP contribution is -2.25. The zero-order valence-corrected chi connectivity index (χ0v) is 23.0. The fraction of sp³-hybridized carbons (Fsp3) is 0.517. The molecule has 0 spiro atoms. The van der Waals surface area contributed by atoms with E-state index in [9.17, 15) is 4.79 Å². The second-order valence-electron chi connectivity index (χ2n) is 9.62. The molecule has 3 rings (SSSR count). The van der Waals surface area contributed by atoms with Crippen molar-refractivity contribution in [2.75, 3.05) is 23.3 Å². The van der Waals surface area contributed by atoms with Crippen molar-refractivity contribution in [1.82, 2.24) is 14.6 Å². The Balaban J connectivity index is 2.26. The first kappa shape index (κ1) is 26.6. The summed E-state index contributed by atoms with van der Waals surface area (Å²) in [7, 11) is 0. The normalized spacial score (nSPS) is 13.8. The molecule has 0 aliphatic heterocycles. The predicted octanol–water partition coefficient (Wildman–Crippen LogP) is 7.37. The SMILES string of the molecule is CC=C(C)c1[nH]n2c(=O)c(C(C)CC)c(C(C)CC)nc2c1Nc1ccc(N(CC)CC)cc1C. The molecule has 0 amide bonds. The van der Waals surface area contributed by atoms with Gasteiger partial charge in [-0.2, -0.15) is 4.52 Å². The molecule has 0 bridgehead atoms. The highest BCUT2D eigenvalue weighted by atomic mass is 16.1. The van der Waals surface area contributed by atoms with Crippen LogP contribution in [0.2, 0.25) is 0 Å². The van der Waals surface area contributed by atoms with Crippen molar-refractivity contribution in [2.24, 2.45) is 0 Å². The Bertz CT molecular complexity index is 1260. The van der Waals surface area contributed by atoms with E-state index in [4.69, 9.17) is 4.98 Å². The summed E-state index contributed by atoms with van der Waals surface area (Å²) in [5.74, 6) is 0.359. The smallest absolute Gasteiger partial charge is 0.276 e. The maximum atomic E-state index is 13.8. The third-order valence-corrected chi connectivity index (χ3v) is 7.45. The minimum atomic E-state index is 0.00598. The predicted molar refractivity (Wildman–Crippen MR) is 151 cm³/mol. The summed E-state index contributed by atoms with van der Waals surface area (Å²) < 4.78 is 1.64. The number of nitrogens with one attached hydrogen (secondary N) is 2. The molecule has 0 radical (unpaired) electrons. The molecule has 2 unspecified atom stereocenters. The number of rotatable bonds is 10. The summed E-state index contributed by atoms with van der Waals surface area (Å²) in [6, 6.07) is 6.50. The van der Waals surface area contributed by atoms with Crippen LogP contribution in [0.3, 0.4) is 0 Å². The lowest BCUT2D eigenvalue weighted by molar-refractivity contribution is 0.639. The van der Waals surface area contributed by atoms with Gasteiger partial charge in [-0.3, -0.25) is 9.89 Å². The van der Waals surface area contributed by atoms with Crippen molar-refractivity contribution < 1.29 is 0 Å². The third-order valence-electron chi connectivity index (χ3n) is 7.45. The average molecular weight is 478 g/mol. The topological polar surface area (TPSA) is 65.4 Å². The quantitative estimate of drug-likeness (QED) is 0.320. The Kier molecular flexibility index (Phi) is 8.47. The van der Waals surface area contributed by atoms with Crippen LogP contribution >= 0.6 is 0 Å². The first-order valence-corrected chi connectivity index (χ1v) is 13.2. The number of H-pyrrole nitrogens is 1. The van der Waals surface area contributed by atoms with Crippen molar-refractivity contribution in [2.45, 2.75) is 87.0 Å². The molecule has 2 N–H and O–H groups in total. The van der Waals surface area contributed by atoms with E-state index in [0.717, 1.165) is 65.4 Å². The van der Waals surface area contributed by atoms with Crippen LogP contribution < -0.4 is 15.8 Å².